The van der Waals surface area contributed by atoms with E-state index in [4.69, 9.17) is 9.47 Å². The molecule has 0 bridgehead atoms. The van der Waals surface area contributed by atoms with Crippen molar-refractivity contribution in [3.63, 3.8) is 0 Å². The van der Waals surface area contributed by atoms with Crippen molar-refractivity contribution in [2.75, 3.05) is 20.4 Å². The van der Waals surface area contributed by atoms with Crippen molar-refractivity contribution < 1.29 is 13.9 Å². The molecule has 0 spiro atoms. The lowest BCUT2D eigenvalue weighted by Gasteiger charge is -2.10. The van der Waals surface area contributed by atoms with Crippen LogP contribution in [0.25, 0.3) is 0 Å². The van der Waals surface area contributed by atoms with E-state index in [1.165, 1.54) is 5.56 Å². The molecule has 1 aromatic rings. The molecule has 0 aliphatic heterocycles. The first-order valence-electron chi connectivity index (χ1n) is 4.67. The molecule has 0 aliphatic rings. The second kappa shape index (κ2) is 5.47. The molecule has 0 saturated carbocycles. The quantitative estimate of drug-likeness (QED) is 0.724. The lowest BCUT2D eigenvalue weighted by atomic mass is 10.1. The van der Waals surface area contributed by atoms with Crippen molar-refractivity contribution in [3.05, 3.63) is 23.8 Å². The summed E-state index contributed by atoms with van der Waals surface area (Å²) in [6.07, 6.45) is 0.944. The van der Waals surface area contributed by atoms with Crippen LogP contribution < -0.4 is 9.47 Å². The highest BCUT2D eigenvalue weighted by Gasteiger charge is 2.04. The molecular weight excluding hydrogens is 183 g/mol. The van der Waals surface area contributed by atoms with Gasteiger partial charge in [-0.2, -0.15) is 0 Å². The van der Waals surface area contributed by atoms with Crippen LogP contribution in [-0.4, -0.2) is 20.4 Å². The second-order valence-corrected chi connectivity index (χ2v) is 2.88. The summed E-state index contributed by atoms with van der Waals surface area (Å²) in [7, 11) is 1.58. The number of halogens is 1. The molecular formula is C11H15FO2. The average Bonchev–Trinajstić information content (AvgIpc) is 2.26. The van der Waals surface area contributed by atoms with Gasteiger partial charge in [0.25, 0.3) is 0 Å². The fourth-order valence-electron chi connectivity index (χ4n) is 1.20. The van der Waals surface area contributed by atoms with Crippen molar-refractivity contribution in [1.29, 1.82) is 0 Å². The van der Waals surface area contributed by atoms with E-state index in [-0.39, 0.29) is 6.61 Å². The van der Waals surface area contributed by atoms with Gasteiger partial charge in [-0.3, -0.25) is 0 Å². The number of alkyl halides is 1. The van der Waals surface area contributed by atoms with E-state index in [1.54, 1.807) is 7.11 Å². The fourth-order valence-corrected chi connectivity index (χ4v) is 1.20. The third kappa shape index (κ3) is 2.62. The number of hydrogen-bond donors (Lipinski definition) is 0. The first kappa shape index (κ1) is 10.8. The van der Waals surface area contributed by atoms with E-state index in [9.17, 15) is 4.39 Å². The molecule has 0 aliphatic carbocycles. The molecule has 0 unspecified atom stereocenters. The molecule has 78 valence electrons. The zero-order valence-electron chi connectivity index (χ0n) is 8.55. The summed E-state index contributed by atoms with van der Waals surface area (Å²) < 4.78 is 22.2. The molecule has 1 aromatic carbocycles. The number of methoxy groups -OCH3 is 1. The Balaban J connectivity index is 2.82. The molecule has 0 saturated heterocycles. The number of aryl methyl sites for hydroxylation is 1. The summed E-state index contributed by atoms with van der Waals surface area (Å²) in [6.45, 7) is 1.65. The Hall–Kier alpha value is -1.25. The highest BCUT2D eigenvalue weighted by atomic mass is 19.1. The SMILES string of the molecule is CCc1ccc(OCCF)c(OC)c1. The Morgan fingerprint density at radius 1 is 1.29 bits per heavy atom. The molecule has 0 aromatic heterocycles. The Kier molecular flexibility index (Phi) is 4.23. The monoisotopic (exact) mass is 198 g/mol. The van der Waals surface area contributed by atoms with Crippen LogP contribution in [0.4, 0.5) is 4.39 Å². The number of rotatable bonds is 5. The summed E-state index contributed by atoms with van der Waals surface area (Å²) in [5, 5.41) is 0. The van der Waals surface area contributed by atoms with Gasteiger partial charge in [0.2, 0.25) is 0 Å². The topological polar surface area (TPSA) is 18.5 Å². The van der Waals surface area contributed by atoms with Crippen LogP contribution >= 0.6 is 0 Å². The van der Waals surface area contributed by atoms with E-state index >= 15 is 0 Å². The molecule has 0 atom stereocenters. The van der Waals surface area contributed by atoms with Crippen molar-refractivity contribution in [1.82, 2.24) is 0 Å². The van der Waals surface area contributed by atoms with Crippen LogP contribution in [0.2, 0.25) is 0 Å². The number of benzene rings is 1. The van der Waals surface area contributed by atoms with Gasteiger partial charge in [-0.05, 0) is 24.1 Å². The summed E-state index contributed by atoms with van der Waals surface area (Å²) in [6, 6.07) is 5.68. The second-order valence-electron chi connectivity index (χ2n) is 2.88. The van der Waals surface area contributed by atoms with E-state index in [0.717, 1.165) is 6.42 Å². The van der Waals surface area contributed by atoms with Gasteiger partial charge in [0.15, 0.2) is 11.5 Å². The van der Waals surface area contributed by atoms with Crippen LogP contribution in [0.1, 0.15) is 12.5 Å². The standard InChI is InChI=1S/C11H15FO2/c1-3-9-4-5-10(14-7-6-12)11(8-9)13-2/h4-5,8H,3,6-7H2,1-2H3. The van der Waals surface area contributed by atoms with E-state index in [0.29, 0.717) is 11.5 Å². The summed E-state index contributed by atoms with van der Waals surface area (Å²) in [5.74, 6) is 1.26. The molecule has 0 heterocycles. The number of hydrogen-bond acceptors (Lipinski definition) is 2. The van der Waals surface area contributed by atoms with E-state index < -0.39 is 6.67 Å². The smallest absolute Gasteiger partial charge is 0.161 e. The molecule has 2 nitrogen and oxygen atoms in total. The molecule has 3 heteroatoms. The Morgan fingerprint density at radius 2 is 2.07 bits per heavy atom. The summed E-state index contributed by atoms with van der Waals surface area (Å²) in [5.41, 5.74) is 1.18. The zero-order chi connectivity index (χ0) is 10.4. The minimum absolute atomic E-state index is 0.0713. The van der Waals surface area contributed by atoms with Gasteiger partial charge in [-0.1, -0.05) is 13.0 Å². The first-order valence-corrected chi connectivity index (χ1v) is 4.67. The maximum Gasteiger partial charge on any atom is 0.161 e. The van der Waals surface area contributed by atoms with Crippen LogP contribution in [0.5, 0.6) is 11.5 Å². The van der Waals surface area contributed by atoms with Gasteiger partial charge >= 0.3 is 0 Å². The minimum atomic E-state index is -0.487. The third-order valence-electron chi connectivity index (χ3n) is 1.97. The van der Waals surface area contributed by atoms with Crippen molar-refractivity contribution in [3.8, 4) is 11.5 Å². The summed E-state index contributed by atoms with van der Waals surface area (Å²) >= 11 is 0. The average molecular weight is 198 g/mol. The normalized spacial score (nSPS) is 9.93. The predicted molar refractivity (Wildman–Crippen MR) is 53.8 cm³/mol. The van der Waals surface area contributed by atoms with Crippen LogP contribution in [0, 0.1) is 0 Å². The Bertz CT molecular complexity index is 287. The molecule has 1 rings (SSSR count). The predicted octanol–water partition coefficient (Wildman–Crippen LogP) is 2.61. The van der Waals surface area contributed by atoms with Crippen LogP contribution in [0.15, 0.2) is 18.2 Å². The van der Waals surface area contributed by atoms with Gasteiger partial charge in [-0.25, -0.2) is 4.39 Å². The summed E-state index contributed by atoms with van der Waals surface area (Å²) in [4.78, 5) is 0. The minimum Gasteiger partial charge on any atom is -0.493 e. The molecule has 0 N–H and O–H groups in total. The van der Waals surface area contributed by atoms with Gasteiger partial charge < -0.3 is 9.47 Å². The van der Waals surface area contributed by atoms with Crippen molar-refractivity contribution in [2.24, 2.45) is 0 Å². The third-order valence-corrected chi connectivity index (χ3v) is 1.97. The van der Waals surface area contributed by atoms with Crippen molar-refractivity contribution >= 4 is 0 Å². The highest BCUT2D eigenvalue weighted by Crippen LogP contribution is 2.28. The molecule has 14 heavy (non-hydrogen) atoms. The lowest BCUT2D eigenvalue weighted by Crippen LogP contribution is -2.00. The zero-order valence-corrected chi connectivity index (χ0v) is 8.55. The van der Waals surface area contributed by atoms with Gasteiger partial charge in [0.1, 0.15) is 13.3 Å². The van der Waals surface area contributed by atoms with E-state index in [1.807, 2.05) is 18.2 Å². The molecule has 0 amide bonds. The first-order chi connectivity index (χ1) is 6.81. The fraction of sp³-hybridized carbons (Fsp3) is 0.455. The van der Waals surface area contributed by atoms with Gasteiger partial charge in [0.05, 0.1) is 7.11 Å². The van der Waals surface area contributed by atoms with Gasteiger partial charge in [0, 0.05) is 0 Å². The van der Waals surface area contributed by atoms with Crippen LogP contribution in [0.3, 0.4) is 0 Å². The Labute approximate surface area is 83.6 Å². The maximum atomic E-state index is 11.9. The molecule has 0 radical (unpaired) electrons. The maximum absolute atomic E-state index is 11.9. The van der Waals surface area contributed by atoms with Crippen molar-refractivity contribution in [2.45, 2.75) is 13.3 Å². The molecule has 0 fully saturated rings. The lowest BCUT2D eigenvalue weighted by molar-refractivity contribution is 0.260. The van der Waals surface area contributed by atoms with Gasteiger partial charge in [-0.15, -0.1) is 0 Å². The number of ether oxygens (including phenoxy) is 2. The Morgan fingerprint density at radius 3 is 2.64 bits per heavy atom. The van der Waals surface area contributed by atoms with E-state index in [2.05, 4.69) is 6.92 Å². The largest absolute Gasteiger partial charge is 0.493 e. The highest BCUT2D eigenvalue weighted by molar-refractivity contribution is 5.42. The van der Waals surface area contributed by atoms with Crippen LogP contribution in [-0.2, 0) is 6.42 Å².